The van der Waals surface area contributed by atoms with Gasteiger partial charge in [0.05, 0.1) is 5.56 Å². The van der Waals surface area contributed by atoms with E-state index in [9.17, 15) is 18.0 Å². The number of ether oxygens (including phenoxy) is 2. The standard InChI is InChI=1S/C17H10F3NO3/c18-12-7-3-2-6-11(12)15-21-13(16(22)24-15)9-10-5-1-4-8-14(10)23-17(19)20/h1-9,17H. The van der Waals surface area contributed by atoms with Gasteiger partial charge in [-0.1, -0.05) is 30.3 Å². The normalized spacial score (nSPS) is 15.6. The SMILES string of the molecule is O=C1OC(c2ccccc2F)=NC1=Cc1ccccc1OC(F)F. The molecular weight excluding hydrogens is 323 g/mol. The van der Waals surface area contributed by atoms with Crippen molar-refractivity contribution >= 4 is 17.9 Å². The van der Waals surface area contributed by atoms with Gasteiger partial charge in [0.2, 0.25) is 5.90 Å². The summed E-state index contributed by atoms with van der Waals surface area (Å²) in [6, 6.07) is 11.6. The lowest BCUT2D eigenvalue weighted by Gasteiger charge is -2.07. The number of carbonyl (C=O) groups excluding carboxylic acids is 1. The number of cyclic esters (lactones) is 1. The Bertz CT molecular complexity index is 846. The average molecular weight is 333 g/mol. The summed E-state index contributed by atoms with van der Waals surface area (Å²) < 4.78 is 47.9. The molecule has 0 unspecified atom stereocenters. The predicted octanol–water partition coefficient (Wildman–Crippen LogP) is 3.77. The average Bonchev–Trinajstić information content (AvgIpc) is 2.90. The first kappa shape index (κ1) is 15.8. The zero-order chi connectivity index (χ0) is 17.1. The van der Waals surface area contributed by atoms with Gasteiger partial charge in [-0.05, 0) is 24.3 Å². The number of hydrogen-bond donors (Lipinski definition) is 0. The summed E-state index contributed by atoms with van der Waals surface area (Å²) in [5.41, 5.74) is 0.119. The molecule has 0 aromatic heterocycles. The summed E-state index contributed by atoms with van der Waals surface area (Å²) >= 11 is 0. The molecule has 1 heterocycles. The van der Waals surface area contributed by atoms with Crippen molar-refractivity contribution in [3.05, 3.63) is 71.2 Å². The maximum atomic E-state index is 13.7. The van der Waals surface area contributed by atoms with Crippen molar-refractivity contribution in [1.29, 1.82) is 0 Å². The van der Waals surface area contributed by atoms with Crippen LogP contribution in [0.4, 0.5) is 13.2 Å². The molecule has 0 spiro atoms. The van der Waals surface area contributed by atoms with Crippen molar-refractivity contribution < 1.29 is 27.4 Å². The van der Waals surface area contributed by atoms with E-state index in [4.69, 9.17) is 4.74 Å². The summed E-state index contributed by atoms with van der Waals surface area (Å²) in [5.74, 6) is -1.69. The summed E-state index contributed by atoms with van der Waals surface area (Å²) in [4.78, 5) is 15.8. The second-order valence-corrected chi connectivity index (χ2v) is 4.73. The fourth-order valence-corrected chi connectivity index (χ4v) is 2.11. The lowest BCUT2D eigenvalue weighted by molar-refractivity contribution is -0.129. The van der Waals surface area contributed by atoms with Crippen molar-refractivity contribution in [3.63, 3.8) is 0 Å². The molecule has 4 nitrogen and oxygen atoms in total. The summed E-state index contributed by atoms with van der Waals surface area (Å²) in [5, 5.41) is 0. The molecule has 7 heteroatoms. The number of para-hydroxylation sites is 1. The van der Waals surface area contributed by atoms with E-state index in [1.807, 2.05) is 0 Å². The van der Waals surface area contributed by atoms with E-state index in [2.05, 4.69) is 9.73 Å². The fourth-order valence-electron chi connectivity index (χ4n) is 2.11. The lowest BCUT2D eigenvalue weighted by Crippen LogP contribution is -2.07. The Labute approximate surface area is 134 Å². The summed E-state index contributed by atoms with van der Waals surface area (Å²) in [6.07, 6.45) is 1.24. The Kier molecular flexibility index (Phi) is 4.33. The van der Waals surface area contributed by atoms with Crippen LogP contribution in [0, 0.1) is 5.82 Å². The Balaban J connectivity index is 1.97. The Morgan fingerprint density at radius 1 is 1.08 bits per heavy atom. The summed E-state index contributed by atoms with van der Waals surface area (Å²) in [6.45, 7) is -3.00. The number of esters is 1. The van der Waals surface area contributed by atoms with Gasteiger partial charge in [-0.15, -0.1) is 0 Å². The number of carbonyl (C=O) groups is 1. The molecule has 0 N–H and O–H groups in total. The molecule has 1 aliphatic rings. The van der Waals surface area contributed by atoms with Crippen LogP contribution in [0.3, 0.4) is 0 Å². The molecule has 0 radical (unpaired) electrons. The van der Waals surface area contributed by atoms with Crippen LogP contribution < -0.4 is 4.74 Å². The Morgan fingerprint density at radius 3 is 2.54 bits per heavy atom. The molecule has 0 bridgehead atoms. The molecule has 0 atom stereocenters. The van der Waals surface area contributed by atoms with E-state index in [1.54, 1.807) is 12.1 Å². The molecular formula is C17H10F3NO3. The van der Waals surface area contributed by atoms with Crippen molar-refractivity contribution in [2.24, 2.45) is 4.99 Å². The second-order valence-electron chi connectivity index (χ2n) is 4.73. The van der Waals surface area contributed by atoms with Gasteiger partial charge >= 0.3 is 12.6 Å². The van der Waals surface area contributed by atoms with E-state index in [0.29, 0.717) is 0 Å². The van der Waals surface area contributed by atoms with E-state index in [-0.39, 0.29) is 28.5 Å². The highest BCUT2D eigenvalue weighted by atomic mass is 19.3. The smallest absolute Gasteiger partial charge is 0.387 e. The van der Waals surface area contributed by atoms with E-state index in [1.165, 1.54) is 42.5 Å². The number of hydrogen-bond acceptors (Lipinski definition) is 4. The second kappa shape index (κ2) is 6.57. The van der Waals surface area contributed by atoms with Crippen LogP contribution in [0.25, 0.3) is 6.08 Å². The van der Waals surface area contributed by atoms with Crippen molar-refractivity contribution in [2.45, 2.75) is 6.61 Å². The van der Waals surface area contributed by atoms with Crippen LogP contribution in [-0.4, -0.2) is 18.5 Å². The molecule has 0 fully saturated rings. The molecule has 122 valence electrons. The van der Waals surface area contributed by atoms with Crippen molar-refractivity contribution in [2.75, 3.05) is 0 Å². The maximum absolute atomic E-state index is 13.7. The summed E-state index contributed by atoms with van der Waals surface area (Å²) in [7, 11) is 0. The van der Waals surface area contributed by atoms with Crippen molar-refractivity contribution in [3.8, 4) is 5.75 Å². The molecule has 3 rings (SSSR count). The molecule has 0 amide bonds. The van der Waals surface area contributed by atoms with Crippen LogP contribution >= 0.6 is 0 Å². The minimum atomic E-state index is -3.00. The number of alkyl halides is 2. The Hall–Kier alpha value is -3.09. The number of benzene rings is 2. The molecule has 2 aromatic carbocycles. The first-order valence-electron chi connectivity index (χ1n) is 6.86. The Morgan fingerprint density at radius 2 is 1.79 bits per heavy atom. The van der Waals surface area contributed by atoms with E-state index in [0.717, 1.165) is 0 Å². The predicted molar refractivity (Wildman–Crippen MR) is 80.1 cm³/mol. The molecule has 2 aromatic rings. The third kappa shape index (κ3) is 3.29. The molecule has 0 saturated carbocycles. The van der Waals surface area contributed by atoms with Gasteiger partial charge in [0.25, 0.3) is 0 Å². The highest BCUT2D eigenvalue weighted by Gasteiger charge is 2.26. The van der Waals surface area contributed by atoms with E-state index >= 15 is 0 Å². The highest BCUT2D eigenvalue weighted by Crippen LogP contribution is 2.26. The third-order valence-electron chi connectivity index (χ3n) is 3.15. The lowest BCUT2D eigenvalue weighted by atomic mass is 10.1. The van der Waals surface area contributed by atoms with Gasteiger partial charge < -0.3 is 9.47 Å². The first-order valence-corrected chi connectivity index (χ1v) is 6.86. The number of nitrogens with zero attached hydrogens (tertiary/aromatic N) is 1. The quantitative estimate of drug-likeness (QED) is 0.632. The van der Waals surface area contributed by atoms with Gasteiger partial charge in [0.1, 0.15) is 11.6 Å². The van der Waals surface area contributed by atoms with Gasteiger partial charge in [0, 0.05) is 5.56 Å². The zero-order valence-electron chi connectivity index (χ0n) is 12.1. The largest absolute Gasteiger partial charge is 0.434 e. The fraction of sp³-hybridized carbons (Fsp3) is 0.0588. The minimum Gasteiger partial charge on any atom is -0.434 e. The van der Waals surface area contributed by atoms with Crippen LogP contribution in [-0.2, 0) is 9.53 Å². The maximum Gasteiger partial charge on any atom is 0.387 e. The molecule has 0 aliphatic carbocycles. The van der Waals surface area contributed by atoms with Gasteiger partial charge in [-0.2, -0.15) is 8.78 Å². The van der Waals surface area contributed by atoms with Crippen LogP contribution in [0.1, 0.15) is 11.1 Å². The van der Waals surface area contributed by atoms with Gasteiger partial charge in [0.15, 0.2) is 5.70 Å². The number of aliphatic imine (C=N–C) groups is 1. The highest BCUT2D eigenvalue weighted by molar-refractivity contribution is 6.13. The minimum absolute atomic E-state index is 0.0337. The van der Waals surface area contributed by atoms with Crippen LogP contribution in [0.15, 0.2) is 59.2 Å². The molecule has 24 heavy (non-hydrogen) atoms. The third-order valence-corrected chi connectivity index (χ3v) is 3.15. The molecule has 1 aliphatic heterocycles. The van der Waals surface area contributed by atoms with Crippen LogP contribution in [0.2, 0.25) is 0 Å². The monoisotopic (exact) mass is 333 g/mol. The van der Waals surface area contributed by atoms with E-state index < -0.39 is 18.4 Å². The molecule has 0 saturated heterocycles. The van der Waals surface area contributed by atoms with Gasteiger partial charge in [-0.25, -0.2) is 14.2 Å². The van der Waals surface area contributed by atoms with Crippen molar-refractivity contribution in [1.82, 2.24) is 0 Å². The first-order chi connectivity index (χ1) is 11.5. The number of rotatable bonds is 4. The zero-order valence-corrected chi connectivity index (χ0v) is 12.1. The van der Waals surface area contributed by atoms with Crippen LogP contribution in [0.5, 0.6) is 5.75 Å². The van der Waals surface area contributed by atoms with Gasteiger partial charge in [-0.3, -0.25) is 0 Å². The number of halogens is 3. The topological polar surface area (TPSA) is 47.9 Å².